The maximum absolute atomic E-state index is 10.9. The number of unbranched alkanes of at least 4 members (excludes halogenated alkanes) is 2. The molecular weight excluding hydrogens is 274 g/mol. The number of carboxylic acids is 1. The summed E-state index contributed by atoms with van der Waals surface area (Å²) in [5.41, 5.74) is 1.25. The van der Waals surface area contributed by atoms with Gasteiger partial charge in [0.25, 0.3) is 0 Å². The molecule has 0 aliphatic heterocycles. The lowest BCUT2D eigenvalue weighted by Gasteiger charge is -2.22. The van der Waals surface area contributed by atoms with E-state index in [-0.39, 0.29) is 5.56 Å². The van der Waals surface area contributed by atoms with Gasteiger partial charge in [-0.2, -0.15) is 0 Å². The van der Waals surface area contributed by atoms with Crippen molar-refractivity contribution < 1.29 is 9.90 Å². The molecule has 0 heterocycles. The van der Waals surface area contributed by atoms with Crippen molar-refractivity contribution in [3.05, 3.63) is 34.3 Å². The summed E-state index contributed by atoms with van der Waals surface area (Å²) in [7, 11) is 0. The van der Waals surface area contributed by atoms with Gasteiger partial charge < -0.3 is 5.11 Å². The Kier molecular flexibility index (Phi) is 7.63. The van der Waals surface area contributed by atoms with Gasteiger partial charge >= 0.3 is 5.97 Å². The Labute approximate surface area is 126 Å². The van der Waals surface area contributed by atoms with Crippen molar-refractivity contribution in [3.8, 4) is 0 Å². The molecule has 1 N–H and O–H groups in total. The van der Waals surface area contributed by atoms with Crippen LogP contribution in [-0.2, 0) is 6.54 Å². The Bertz CT molecular complexity index is 426. The summed E-state index contributed by atoms with van der Waals surface area (Å²) in [5.74, 6) is -0.938. The highest BCUT2D eigenvalue weighted by atomic mass is 35.5. The Morgan fingerprint density at radius 1 is 1.20 bits per heavy atom. The molecule has 0 spiro atoms. The van der Waals surface area contributed by atoms with Crippen molar-refractivity contribution in [2.24, 2.45) is 0 Å². The molecule has 0 aliphatic carbocycles. The van der Waals surface area contributed by atoms with E-state index in [1.807, 2.05) is 6.07 Å². The molecule has 112 valence electrons. The van der Waals surface area contributed by atoms with Crippen molar-refractivity contribution in [2.75, 3.05) is 13.1 Å². The third-order valence-corrected chi connectivity index (χ3v) is 3.70. The first-order chi connectivity index (χ1) is 9.58. The molecule has 0 unspecified atom stereocenters. The standard InChI is InChI=1S/C16H24ClNO2/c1-3-5-9-18(10-6-4-2)12-14-8-7-13(16(19)20)11-15(14)17/h7-8,11H,3-6,9-10,12H2,1-2H3,(H,19,20). The lowest BCUT2D eigenvalue weighted by Crippen LogP contribution is -2.25. The summed E-state index contributed by atoms with van der Waals surface area (Å²) >= 11 is 6.20. The van der Waals surface area contributed by atoms with Crippen LogP contribution < -0.4 is 0 Å². The van der Waals surface area contributed by atoms with E-state index in [1.165, 1.54) is 31.7 Å². The van der Waals surface area contributed by atoms with E-state index < -0.39 is 5.97 Å². The molecule has 0 saturated heterocycles. The molecule has 4 heteroatoms. The van der Waals surface area contributed by atoms with E-state index in [4.69, 9.17) is 16.7 Å². The SMILES string of the molecule is CCCCN(CCCC)Cc1ccc(C(=O)O)cc1Cl. The predicted octanol–water partition coefficient (Wildman–Crippen LogP) is 4.44. The highest BCUT2D eigenvalue weighted by molar-refractivity contribution is 6.31. The van der Waals surface area contributed by atoms with E-state index in [0.29, 0.717) is 5.02 Å². The Morgan fingerprint density at radius 3 is 2.25 bits per heavy atom. The number of aromatic carboxylic acids is 1. The molecule has 0 radical (unpaired) electrons. The highest BCUT2D eigenvalue weighted by Crippen LogP contribution is 2.20. The van der Waals surface area contributed by atoms with Crippen LogP contribution in [0.2, 0.25) is 5.02 Å². The molecule has 0 amide bonds. The lowest BCUT2D eigenvalue weighted by molar-refractivity contribution is 0.0697. The number of hydrogen-bond acceptors (Lipinski definition) is 2. The van der Waals surface area contributed by atoms with Gasteiger partial charge in [-0.3, -0.25) is 4.90 Å². The quantitative estimate of drug-likeness (QED) is 0.732. The van der Waals surface area contributed by atoms with Crippen molar-refractivity contribution >= 4 is 17.6 Å². The molecule has 1 aromatic rings. The number of rotatable bonds is 9. The van der Waals surface area contributed by atoms with Gasteiger partial charge in [0.1, 0.15) is 0 Å². The Morgan fingerprint density at radius 2 is 1.80 bits per heavy atom. The van der Waals surface area contributed by atoms with Crippen molar-refractivity contribution in [1.82, 2.24) is 4.90 Å². The molecule has 0 aliphatic rings. The molecule has 0 aromatic heterocycles. The molecule has 0 bridgehead atoms. The van der Waals surface area contributed by atoms with Crippen LogP contribution in [-0.4, -0.2) is 29.1 Å². The molecule has 3 nitrogen and oxygen atoms in total. The minimum atomic E-state index is -0.938. The largest absolute Gasteiger partial charge is 0.478 e. The number of halogens is 1. The summed E-state index contributed by atoms with van der Waals surface area (Å²) in [6, 6.07) is 5.00. The van der Waals surface area contributed by atoms with Gasteiger partial charge in [-0.15, -0.1) is 0 Å². The van der Waals surface area contributed by atoms with Gasteiger partial charge in [0.2, 0.25) is 0 Å². The van der Waals surface area contributed by atoms with Gasteiger partial charge in [-0.25, -0.2) is 4.79 Å². The zero-order chi connectivity index (χ0) is 15.0. The number of benzene rings is 1. The van der Waals surface area contributed by atoms with Gasteiger partial charge in [0, 0.05) is 11.6 Å². The van der Waals surface area contributed by atoms with E-state index in [2.05, 4.69) is 18.7 Å². The zero-order valence-corrected chi connectivity index (χ0v) is 13.1. The number of nitrogens with zero attached hydrogens (tertiary/aromatic N) is 1. The van der Waals surface area contributed by atoms with E-state index in [9.17, 15) is 4.79 Å². The first-order valence-corrected chi connectivity index (χ1v) is 7.70. The molecule has 0 saturated carbocycles. The normalized spacial score (nSPS) is 11.0. The van der Waals surface area contributed by atoms with Crippen LogP contribution in [0.1, 0.15) is 55.5 Å². The molecule has 20 heavy (non-hydrogen) atoms. The van der Waals surface area contributed by atoms with Crippen LogP contribution in [0, 0.1) is 0 Å². The van der Waals surface area contributed by atoms with Crippen molar-refractivity contribution in [1.29, 1.82) is 0 Å². The molecule has 0 fully saturated rings. The second-order valence-corrected chi connectivity index (χ2v) is 5.50. The first kappa shape index (κ1) is 17.0. The molecular formula is C16H24ClNO2. The lowest BCUT2D eigenvalue weighted by atomic mass is 10.1. The van der Waals surface area contributed by atoms with Crippen molar-refractivity contribution in [3.63, 3.8) is 0 Å². The van der Waals surface area contributed by atoms with Crippen LogP contribution in [0.5, 0.6) is 0 Å². The topological polar surface area (TPSA) is 40.5 Å². The zero-order valence-electron chi connectivity index (χ0n) is 12.4. The summed E-state index contributed by atoms with van der Waals surface area (Å²) in [4.78, 5) is 13.3. The van der Waals surface area contributed by atoms with Gasteiger partial charge in [-0.05, 0) is 43.6 Å². The molecule has 0 atom stereocenters. The second-order valence-electron chi connectivity index (χ2n) is 5.09. The summed E-state index contributed by atoms with van der Waals surface area (Å²) in [5, 5.41) is 9.49. The second kappa shape index (κ2) is 8.98. The first-order valence-electron chi connectivity index (χ1n) is 7.32. The fourth-order valence-corrected chi connectivity index (χ4v) is 2.32. The fourth-order valence-electron chi connectivity index (χ4n) is 2.08. The van der Waals surface area contributed by atoms with E-state index >= 15 is 0 Å². The highest BCUT2D eigenvalue weighted by Gasteiger charge is 2.10. The van der Waals surface area contributed by atoms with Crippen LogP contribution in [0.15, 0.2) is 18.2 Å². The maximum Gasteiger partial charge on any atom is 0.335 e. The minimum absolute atomic E-state index is 0.243. The Balaban J connectivity index is 2.73. The number of carboxylic acid groups (broad SMARTS) is 1. The fraction of sp³-hybridized carbons (Fsp3) is 0.562. The smallest absolute Gasteiger partial charge is 0.335 e. The van der Waals surface area contributed by atoms with Crippen LogP contribution in [0.4, 0.5) is 0 Å². The maximum atomic E-state index is 10.9. The van der Waals surface area contributed by atoms with Crippen LogP contribution in [0.25, 0.3) is 0 Å². The average molecular weight is 298 g/mol. The Hall–Kier alpha value is -1.06. The predicted molar refractivity (Wildman–Crippen MR) is 83.5 cm³/mol. The average Bonchev–Trinajstić information content (AvgIpc) is 2.43. The van der Waals surface area contributed by atoms with Crippen LogP contribution >= 0.6 is 11.6 Å². The monoisotopic (exact) mass is 297 g/mol. The minimum Gasteiger partial charge on any atom is -0.478 e. The van der Waals surface area contributed by atoms with E-state index in [0.717, 1.165) is 25.2 Å². The number of hydrogen-bond donors (Lipinski definition) is 1. The third kappa shape index (κ3) is 5.51. The van der Waals surface area contributed by atoms with Crippen molar-refractivity contribution in [2.45, 2.75) is 46.1 Å². The molecule has 1 aromatic carbocycles. The molecule has 1 rings (SSSR count). The summed E-state index contributed by atoms with van der Waals surface area (Å²) in [6.07, 6.45) is 4.70. The van der Waals surface area contributed by atoms with Crippen LogP contribution in [0.3, 0.4) is 0 Å². The summed E-state index contributed by atoms with van der Waals surface area (Å²) < 4.78 is 0. The van der Waals surface area contributed by atoms with Gasteiger partial charge in [0.05, 0.1) is 5.56 Å². The third-order valence-electron chi connectivity index (χ3n) is 3.35. The van der Waals surface area contributed by atoms with Gasteiger partial charge in [-0.1, -0.05) is 44.4 Å². The summed E-state index contributed by atoms with van der Waals surface area (Å²) in [6.45, 7) is 7.29. The van der Waals surface area contributed by atoms with E-state index in [1.54, 1.807) is 6.07 Å². The number of carbonyl (C=O) groups is 1. The van der Waals surface area contributed by atoms with Gasteiger partial charge in [0.15, 0.2) is 0 Å².